The number of benzene rings is 1. The fourth-order valence-electron chi connectivity index (χ4n) is 1.63. The van der Waals surface area contributed by atoms with Gasteiger partial charge in [0.2, 0.25) is 0 Å². The Balaban J connectivity index is 2.26. The molecule has 0 bridgehead atoms. The third-order valence-corrected chi connectivity index (χ3v) is 2.71. The van der Waals surface area contributed by atoms with E-state index in [9.17, 15) is 9.59 Å². The Morgan fingerprint density at radius 2 is 1.88 bits per heavy atom. The van der Waals surface area contributed by atoms with Crippen LogP contribution >= 0.6 is 11.6 Å². The molecule has 1 aromatic carbocycles. The number of methoxy groups -OCH3 is 1. The van der Waals surface area contributed by atoms with Crippen LogP contribution < -0.4 is 4.74 Å². The van der Waals surface area contributed by atoms with Crippen LogP contribution in [-0.2, 0) is 16.1 Å². The molecular formula is C12H10ClNO3. The molecule has 0 unspecified atom stereocenters. The predicted molar refractivity (Wildman–Crippen MR) is 62.7 cm³/mol. The summed E-state index contributed by atoms with van der Waals surface area (Å²) in [6, 6.07) is 5.07. The number of ether oxygens (including phenoxy) is 1. The monoisotopic (exact) mass is 251 g/mol. The molecule has 0 radical (unpaired) electrons. The molecule has 17 heavy (non-hydrogen) atoms. The quantitative estimate of drug-likeness (QED) is 0.770. The molecule has 88 valence electrons. The Labute approximate surface area is 103 Å². The molecule has 1 aliphatic rings. The molecule has 0 fully saturated rings. The summed E-state index contributed by atoms with van der Waals surface area (Å²) in [4.78, 5) is 24.0. The van der Waals surface area contributed by atoms with Crippen LogP contribution in [0.25, 0.3) is 0 Å². The Morgan fingerprint density at radius 3 is 2.47 bits per heavy atom. The van der Waals surface area contributed by atoms with Gasteiger partial charge in [-0.3, -0.25) is 14.5 Å². The first-order valence-corrected chi connectivity index (χ1v) is 5.35. The van der Waals surface area contributed by atoms with E-state index in [0.29, 0.717) is 16.3 Å². The van der Waals surface area contributed by atoms with Crippen molar-refractivity contribution >= 4 is 23.4 Å². The molecule has 2 rings (SSSR count). The molecule has 2 amide bonds. The zero-order valence-electron chi connectivity index (χ0n) is 9.14. The molecule has 1 aliphatic heterocycles. The number of carbonyl (C=O) groups is 2. The lowest BCUT2D eigenvalue weighted by Crippen LogP contribution is -2.29. The van der Waals surface area contributed by atoms with Crippen LogP contribution in [0.5, 0.6) is 5.75 Å². The van der Waals surface area contributed by atoms with Crippen molar-refractivity contribution in [3.8, 4) is 5.75 Å². The van der Waals surface area contributed by atoms with Crippen molar-refractivity contribution in [1.29, 1.82) is 0 Å². The molecule has 0 spiro atoms. The first-order chi connectivity index (χ1) is 8.11. The number of amides is 2. The Kier molecular flexibility index (Phi) is 3.15. The molecular weight excluding hydrogens is 242 g/mol. The van der Waals surface area contributed by atoms with Crippen LogP contribution in [-0.4, -0.2) is 23.8 Å². The van der Waals surface area contributed by atoms with Crippen molar-refractivity contribution in [2.45, 2.75) is 6.54 Å². The average molecular weight is 252 g/mol. The molecule has 0 N–H and O–H groups in total. The lowest BCUT2D eigenvalue weighted by molar-refractivity contribution is -0.137. The summed E-state index contributed by atoms with van der Waals surface area (Å²) < 4.78 is 5.15. The van der Waals surface area contributed by atoms with Crippen molar-refractivity contribution in [1.82, 2.24) is 4.90 Å². The van der Waals surface area contributed by atoms with Gasteiger partial charge in [-0.05, 0) is 18.2 Å². The van der Waals surface area contributed by atoms with E-state index in [4.69, 9.17) is 16.3 Å². The lowest BCUT2D eigenvalue weighted by atomic mass is 10.2. The van der Waals surface area contributed by atoms with Crippen molar-refractivity contribution < 1.29 is 14.3 Å². The highest BCUT2D eigenvalue weighted by Gasteiger charge is 2.24. The lowest BCUT2D eigenvalue weighted by Gasteiger charge is -2.16. The second-order valence-corrected chi connectivity index (χ2v) is 3.99. The van der Waals surface area contributed by atoms with E-state index < -0.39 is 0 Å². The van der Waals surface area contributed by atoms with Gasteiger partial charge >= 0.3 is 0 Å². The summed E-state index contributed by atoms with van der Waals surface area (Å²) >= 11 is 5.87. The number of rotatable bonds is 3. The topological polar surface area (TPSA) is 46.6 Å². The van der Waals surface area contributed by atoms with E-state index in [2.05, 4.69) is 0 Å². The number of hydrogen-bond donors (Lipinski definition) is 0. The van der Waals surface area contributed by atoms with E-state index >= 15 is 0 Å². The van der Waals surface area contributed by atoms with Crippen LogP contribution in [0.3, 0.4) is 0 Å². The van der Waals surface area contributed by atoms with E-state index in [1.807, 2.05) is 0 Å². The summed E-state index contributed by atoms with van der Waals surface area (Å²) in [5.41, 5.74) is 0.699. The smallest absolute Gasteiger partial charge is 0.253 e. The maximum atomic E-state index is 11.4. The highest BCUT2D eigenvalue weighted by atomic mass is 35.5. The highest BCUT2D eigenvalue weighted by molar-refractivity contribution is 6.30. The van der Waals surface area contributed by atoms with Gasteiger partial charge in [0.1, 0.15) is 5.75 Å². The number of halogens is 1. The molecule has 0 aliphatic carbocycles. The van der Waals surface area contributed by atoms with Gasteiger partial charge in [-0.2, -0.15) is 0 Å². The summed E-state index contributed by atoms with van der Waals surface area (Å²) in [6.45, 7) is 0.161. The van der Waals surface area contributed by atoms with Gasteiger partial charge in [-0.1, -0.05) is 11.6 Å². The fraction of sp³-hybridized carbons (Fsp3) is 0.167. The van der Waals surface area contributed by atoms with Crippen molar-refractivity contribution in [3.63, 3.8) is 0 Å². The zero-order valence-corrected chi connectivity index (χ0v) is 9.90. The van der Waals surface area contributed by atoms with Crippen LogP contribution in [0, 0.1) is 0 Å². The van der Waals surface area contributed by atoms with Gasteiger partial charge < -0.3 is 4.74 Å². The standard InChI is InChI=1S/C12H10ClNO3/c1-17-10-3-2-9(13)6-8(10)7-14-11(15)4-5-12(14)16/h2-6H,7H2,1H3. The van der Waals surface area contributed by atoms with Crippen LogP contribution in [0.1, 0.15) is 5.56 Å². The molecule has 0 aromatic heterocycles. The zero-order chi connectivity index (χ0) is 12.4. The van der Waals surface area contributed by atoms with E-state index in [1.165, 1.54) is 19.3 Å². The summed E-state index contributed by atoms with van der Waals surface area (Å²) in [6.07, 6.45) is 2.50. The molecule has 5 heteroatoms. The minimum atomic E-state index is -0.322. The summed E-state index contributed by atoms with van der Waals surface area (Å²) in [5.74, 6) is -0.0454. The highest BCUT2D eigenvalue weighted by Crippen LogP contribution is 2.24. The van der Waals surface area contributed by atoms with Gasteiger partial charge in [0, 0.05) is 22.7 Å². The Morgan fingerprint density at radius 1 is 1.24 bits per heavy atom. The summed E-state index contributed by atoms with van der Waals surface area (Å²) in [7, 11) is 1.53. The van der Waals surface area contributed by atoms with Gasteiger partial charge in [0.15, 0.2) is 0 Å². The summed E-state index contributed by atoms with van der Waals surface area (Å²) in [5, 5.41) is 0.535. The second kappa shape index (κ2) is 4.59. The third-order valence-electron chi connectivity index (χ3n) is 2.47. The van der Waals surface area contributed by atoms with Crippen molar-refractivity contribution in [2.75, 3.05) is 7.11 Å². The minimum Gasteiger partial charge on any atom is -0.496 e. The van der Waals surface area contributed by atoms with Gasteiger partial charge in [-0.15, -0.1) is 0 Å². The number of imide groups is 1. The maximum absolute atomic E-state index is 11.4. The maximum Gasteiger partial charge on any atom is 0.253 e. The first kappa shape index (κ1) is 11.7. The SMILES string of the molecule is COc1ccc(Cl)cc1CN1C(=O)C=CC1=O. The number of carbonyl (C=O) groups excluding carboxylic acids is 2. The largest absolute Gasteiger partial charge is 0.496 e. The van der Waals surface area contributed by atoms with Gasteiger partial charge in [0.25, 0.3) is 11.8 Å². The second-order valence-electron chi connectivity index (χ2n) is 3.55. The average Bonchev–Trinajstić information content (AvgIpc) is 2.61. The van der Waals surface area contributed by atoms with E-state index in [0.717, 1.165) is 4.90 Å². The molecule has 1 aromatic rings. The molecule has 0 saturated heterocycles. The molecule has 1 heterocycles. The molecule has 0 atom stereocenters. The first-order valence-electron chi connectivity index (χ1n) is 4.98. The predicted octanol–water partition coefficient (Wildman–Crippen LogP) is 1.77. The van der Waals surface area contributed by atoms with Gasteiger partial charge in [0.05, 0.1) is 13.7 Å². The van der Waals surface area contributed by atoms with Crippen LogP contribution in [0.2, 0.25) is 5.02 Å². The minimum absolute atomic E-state index is 0.161. The Bertz CT molecular complexity index is 492. The molecule has 4 nitrogen and oxygen atoms in total. The fourth-order valence-corrected chi connectivity index (χ4v) is 1.82. The number of nitrogens with zero attached hydrogens (tertiary/aromatic N) is 1. The van der Waals surface area contributed by atoms with Crippen molar-refractivity contribution in [3.05, 3.63) is 40.9 Å². The van der Waals surface area contributed by atoms with Crippen LogP contribution in [0.4, 0.5) is 0 Å². The van der Waals surface area contributed by atoms with E-state index in [1.54, 1.807) is 18.2 Å². The van der Waals surface area contributed by atoms with Crippen LogP contribution in [0.15, 0.2) is 30.4 Å². The Hall–Kier alpha value is -1.81. The van der Waals surface area contributed by atoms with Gasteiger partial charge in [-0.25, -0.2) is 0 Å². The van der Waals surface area contributed by atoms with Crippen molar-refractivity contribution in [2.24, 2.45) is 0 Å². The normalized spacial score (nSPS) is 14.6. The third kappa shape index (κ3) is 2.31. The molecule has 0 saturated carbocycles. The number of hydrogen-bond acceptors (Lipinski definition) is 3. The van der Waals surface area contributed by atoms with E-state index in [-0.39, 0.29) is 18.4 Å².